The molecule has 3 amide bonds. The molecule has 0 N–H and O–H groups in total. The van der Waals surface area contributed by atoms with Gasteiger partial charge in [-0.05, 0) is 26.7 Å². The summed E-state index contributed by atoms with van der Waals surface area (Å²) in [5.41, 5.74) is 0. The van der Waals surface area contributed by atoms with Crippen LogP contribution in [0.25, 0.3) is 0 Å². The predicted molar refractivity (Wildman–Crippen MR) is 88.7 cm³/mol. The van der Waals surface area contributed by atoms with E-state index in [4.69, 9.17) is 9.47 Å². The number of piperidine rings is 1. The Bertz CT molecular complexity index is 452. The summed E-state index contributed by atoms with van der Waals surface area (Å²) >= 11 is 0. The number of fused-ring (bicyclic) bond motifs is 1. The number of amides is 3. The molecule has 3 fully saturated rings. The van der Waals surface area contributed by atoms with E-state index >= 15 is 0 Å². The maximum absolute atomic E-state index is 12.7. The lowest BCUT2D eigenvalue weighted by Gasteiger charge is -2.35. The molecule has 7 nitrogen and oxygen atoms in total. The Morgan fingerprint density at radius 3 is 2.50 bits per heavy atom. The van der Waals surface area contributed by atoms with Crippen LogP contribution in [0.2, 0.25) is 0 Å². The maximum atomic E-state index is 12.7. The van der Waals surface area contributed by atoms with E-state index in [1.54, 1.807) is 12.0 Å². The Kier molecular flexibility index (Phi) is 5.42. The number of imide groups is 1. The van der Waals surface area contributed by atoms with Crippen molar-refractivity contribution >= 4 is 11.9 Å². The van der Waals surface area contributed by atoms with Crippen LogP contribution in [0.3, 0.4) is 0 Å². The lowest BCUT2D eigenvalue weighted by atomic mass is 10.0. The smallest absolute Gasteiger partial charge is 0.327 e. The molecule has 0 bridgehead atoms. The number of hydrogen-bond donors (Lipinski definition) is 0. The van der Waals surface area contributed by atoms with Crippen molar-refractivity contribution in [1.82, 2.24) is 14.7 Å². The van der Waals surface area contributed by atoms with E-state index in [0.29, 0.717) is 13.0 Å². The molecule has 0 aromatic carbocycles. The van der Waals surface area contributed by atoms with Crippen LogP contribution in [0.15, 0.2) is 0 Å². The lowest BCUT2D eigenvalue weighted by Crippen LogP contribution is -2.49. The molecule has 0 spiro atoms. The molecule has 0 aromatic heterocycles. The zero-order chi connectivity index (χ0) is 17.3. The number of rotatable bonds is 6. The Morgan fingerprint density at radius 1 is 1.21 bits per heavy atom. The van der Waals surface area contributed by atoms with Gasteiger partial charge in [-0.1, -0.05) is 0 Å². The fraction of sp³-hybridized carbons (Fsp3) is 0.882. The number of likely N-dealkylation sites (tertiary alicyclic amines) is 1. The van der Waals surface area contributed by atoms with Gasteiger partial charge in [0, 0.05) is 45.8 Å². The molecule has 3 heterocycles. The van der Waals surface area contributed by atoms with Crippen molar-refractivity contribution in [1.29, 1.82) is 0 Å². The number of urea groups is 1. The molecule has 0 radical (unpaired) electrons. The van der Waals surface area contributed by atoms with Gasteiger partial charge in [-0.25, -0.2) is 4.79 Å². The highest BCUT2D eigenvalue weighted by Gasteiger charge is 2.52. The first-order chi connectivity index (χ1) is 11.5. The van der Waals surface area contributed by atoms with Gasteiger partial charge in [-0.2, -0.15) is 0 Å². The molecule has 3 aliphatic heterocycles. The van der Waals surface area contributed by atoms with E-state index in [2.05, 4.69) is 4.90 Å². The van der Waals surface area contributed by atoms with Gasteiger partial charge in [0.1, 0.15) is 6.04 Å². The summed E-state index contributed by atoms with van der Waals surface area (Å²) in [6.45, 7) is 8.08. The molecule has 0 saturated carbocycles. The third-order valence-corrected chi connectivity index (χ3v) is 5.35. The fourth-order valence-corrected chi connectivity index (χ4v) is 3.96. The molecule has 3 rings (SSSR count). The van der Waals surface area contributed by atoms with Gasteiger partial charge in [-0.3, -0.25) is 9.69 Å². The highest BCUT2D eigenvalue weighted by molar-refractivity contribution is 6.05. The van der Waals surface area contributed by atoms with E-state index in [1.165, 1.54) is 4.90 Å². The van der Waals surface area contributed by atoms with Crippen molar-refractivity contribution in [2.75, 3.05) is 39.9 Å². The van der Waals surface area contributed by atoms with E-state index in [1.807, 2.05) is 13.8 Å². The van der Waals surface area contributed by atoms with E-state index < -0.39 is 0 Å². The molecule has 136 valence electrons. The van der Waals surface area contributed by atoms with Crippen molar-refractivity contribution in [3.63, 3.8) is 0 Å². The summed E-state index contributed by atoms with van der Waals surface area (Å²) in [6.07, 6.45) is 2.59. The van der Waals surface area contributed by atoms with Crippen molar-refractivity contribution in [3.05, 3.63) is 0 Å². The van der Waals surface area contributed by atoms with Crippen LogP contribution >= 0.6 is 0 Å². The Balaban J connectivity index is 1.50. The van der Waals surface area contributed by atoms with Gasteiger partial charge in [-0.15, -0.1) is 0 Å². The van der Waals surface area contributed by atoms with Crippen LogP contribution in [0, 0.1) is 0 Å². The molecule has 24 heavy (non-hydrogen) atoms. The third-order valence-electron chi connectivity index (χ3n) is 5.35. The minimum atomic E-state index is -0.306. The average Bonchev–Trinajstić information content (AvgIpc) is 3.08. The zero-order valence-electron chi connectivity index (χ0n) is 14.9. The lowest BCUT2D eigenvalue weighted by molar-refractivity contribution is -0.130. The standard InChI is InChI=1S/C17H29N3O4/c1-12(2)24-9-8-18-6-4-13(5-7-18)20-16(21)15-10-14(23-3)11-19(15)17(20)22/h12-15H,4-11H2,1-3H3/t14-,15+/m1/s1. The van der Waals surface area contributed by atoms with Crippen molar-refractivity contribution in [2.45, 2.75) is 57.4 Å². The van der Waals surface area contributed by atoms with Crippen molar-refractivity contribution in [3.8, 4) is 0 Å². The minimum Gasteiger partial charge on any atom is -0.380 e. The number of nitrogens with zero attached hydrogens (tertiary/aromatic N) is 3. The van der Waals surface area contributed by atoms with Crippen LogP contribution in [0.5, 0.6) is 0 Å². The van der Waals surface area contributed by atoms with Gasteiger partial charge in [0.2, 0.25) is 0 Å². The number of hydrogen-bond acceptors (Lipinski definition) is 5. The van der Waals surface area contributed by atoms with Gasteiger partial charge >= 0.3 is 6.03 Å². The third kappa shape index (κ3) is 3.43. The topological polar surface area (TPSA) is 62.3 Å². The number of ether oxygens (including phenoxy) is 2. The normalized spacial score (nSPS) is 29.2. The minimum absolute atomic E-state index is 0.00662. The SMILES string of the molecule is CO[C@@H]1C[C@H]2C(=O)N(C3CCN(CCOC(C)C)CC3)C(=O)N2C1. The second kappa shape index (κ2) is 7.37. The van der Waals surface area contributed by atoms with E-state index in [0.717, 1.165) is 39.1 Å². The quantitative estimate of drug-likeness (QED) is 0.674. The summed E-state index contributed by atoms with van der Waals surface area (Å²) in [5, 5.41) is 0. The second-order valence-corrected chi connectivity index (χ2v) is 7.24. The molecule has 3 aliphatic rings. The summed E-state index contributed by atoms with van der Waals surface area (Å²) in [6, 6.07) is -0.384. The van der Waals surface area contributed by atoms with Crippen molar-refractivity contribution < 1.29 is 19.1 Å². The monoisotopic (exact) mass is 339 g/mol. The van der Waals surface area contributed by atoms with Crippen molar-refractivity contribution in [2.24, 2.45) is 0 Å². The van der Waals surface area contributed by atoms with Gasteiger partial charge < -0.3 is 19.3 Å². The maximum Gasteiger partial charge on any atom is 0.327 e. The number of methoxy groups -OCH3 is 1. The molecule has 7 heteroatoms. The second-order valence-electron chi connectivity index (χ2n) is 7.24. The van der Waals surface area contributed by atoms with Crippen LogP contribution in [0.1, 0.15) is 33.1 Å². The highest BCUT2D eigenvalue weighted by Crippen LogP contribution is 2.32. The van der Waals surface area contributed by atoms with E-state index in [9.17, 15) is 9.59 Å². The first-order valence-electron chi connectivity index (χ1n) is 9.01. The number of carbonyl (C=O) groups is 2. The van der Waals surface area contributed by atoms with Gasteiger partial charge in [0.05, 0.1) is 18.8 Å². The molecule has 0 unspecified atom stereocenters. The first kappa shape index (κ1) is 17.6. The fourth-order valence-electron chi connectivity index (χ4n) is 3.96. The highest BCUT2D eigenvalue weighted by atomic mass is 16.5. The number of carbonyl (C=O) groups excluding carboxylic acids is 2. The van der Waals surface area contributed by atoms with Crippen LogP contribution < -0.4 is 0 Å². The van der Waals surface area contributed by atoms with Crippen LogP contribution in [0.4, 0.5) is 4.79 Å². The Morgan fingerprint density at radius 2 is 1.92 bits per heavy atom. The molecule has 0 aliphatic carbocycles. The van der Waals surface area contributed by atoms with Crippen LogP contribution in [-0.2, 0) is 14.3 Å². The Hall–Kier alpha value is -1.18. The molecule has 2 atom stereocenters. The predicted octanol–water partition coefficient (Wildman–Crippen LogP) is 0.927. The average molecular weight is 339 g/mol. The summed E-state index contributed by atoms with van der Waals surface area (Å²) in [7, 11) is 1.64. The Labute approximate surface area is 143 Å². The van der Waals surface area contributed by atoms with Crippen LogP contribution in [-0.4, -0.2) is 90.8 Å². The summed E-state index contributed by atoms with van der Waals surface area (Å²) in [5.74, 6) is -0.0267. The molecule has 3 saturated heterocycles. The molecular formula is C17H29N3O4. The van der Waals surface area contributed by atoms with Gasteiger partial charge in [0.15, 0.2) is 0 Å². The molecular weight excluding hydrogens is 310 g/mol. The zero-order valence-corrected chi connectivity index (χ0v) is 14.9. The van der Waals surface area contributed by atoms with Gasteiger partial charge in [0.25, 0.3) is 5.91 Å². The summed E-state index contributed by atoms with van der Waals surface area (Å²) < 4.78 is 10.9. The largest absolute Gasteiger partial charge is 0.380 e. The molecule has 0 aromatic rings. The summed E-state index contributed by atoms with van der Waals surface area (Å²) in [4.78, 5) is 30.9. The first-order valence-corrected chi connectivity index (χ1v) is 9.01. The van der Waals surface area contributed by atoms with E-state index in [-0.39, 0.29) is 36.2 Å².